The van der Waals surface area contributed by atoms with Gasteiger partial charge < -0.3 is 19.9 Å². The molecule has 0 unspecified atom stereocenters. The van der Waals surface area contributed by atoms with E-state index in [1.165, 1.54) is 0 Å². The second kappa shape index (κ2) is 8.44. The lowest BCUT2D eigenvalue weighted by Crippen LogP contribution is -2.47. The van der Waals surface area contributed by atoms with Gasteiger partial charge in [0.05, 0.1) is 17.9 Å². The maximum atomic E-state index is 12.2. The fourth-order valence-electron chi connectivity index (χ4n) is 2.48. The van der Waals surface area contributed by atoms with E-state index in [4.69, 9.17) is 4.74 Å². The summed E-state index contributed by atoms with van der Waals surface area (Å²) in [6.07, 6.45) is -0.235. The first-order chi connectivity index (χ1) is 11.5. The van der Waals surface area contributed by atoms with Crippen molar-refractivity contribution < 1.29 is 19.1 Å². The molecule has 1 aliphatic rings. The van der Waals surface area contributed by atoms with Gasteiger partial charge in [0.25, 0.3) is 0 Å². The summed E-state index contributed by atoms with van der Waals surface area (Å²) in [6, 6.07) is 6.60. The zero-order valence-corrected chi connectivity index (χ0v) is 14.1. The SMILES string of the molecule is CCOC(=O)c1ccccc1NC(=O)CC(=O)N1CCN(C)CC1. The summed E-state index contributed by atoms with van der Waals surface area (Å²) in [5.41, 5.74) is 0.631. The van der Waals surface area contributed by atoms with Gasteiger partial charge in [0.2, 0.25) is 11.8 Å². The van der Waals surface area contributed by atoms with E-state index in [0.717, 1.165) is 13.1 Å². The Labute approximate surface area is 141 Å². The number of piperazine rings is 1. The maximum Gasteiger partial charge on any atom is 0.340 e. The number of ether oxygens (including phenoxy) is 1. The predicted octanol–water partition coefficient (Wildman–Crippen LogP) is 0.966. The highest BCUT2D eigenvalue weighted by molar-refractivity contribution is 6.06. The first-order valence-corrected chi connectivity index (χ1v) is 8.03. The fourth-order valence-corrected chi connectivity index (χ4v) is 2.48. The van der Waals surface area contributed by atoms with Crippen LogP contribution in [0.2, 0.25) is 0 Å². The topological polar surface area (TPSA) is 78.9 Å². The van der Waals surface area contributed by atoms with Crippen molar-refractivity contribution in [1.29, 1.82) is 0 Å². The molecule has 24 heavy (non-hydrogen) atoms. The first-order valence-electron chi connectivity index (χ1n) is 8.03. The van der Waals surface area contributed by atoms with Crippen LogP contribution in [-0.4, -0.2) is 67.4 Å². The number of hydrogen-bond donors (Lipinski definition) is 1. The van der Waals surface area contributed by atoms with Crippen LogP contribution in [0.3, 0.4) is 0 Å². The zero-order chi connectivity index (χ0) is 17.5. The van der Waals surface area contributed by atoms with E-state index in [9.17, 15) is 14.4 Å². The molecule has 1 fully saturated rings. The molecular weight excluding hydrogens is 310 g/mol. The van der Waals surface area contributed by atoms with Crippen LogP contribution in [0.1, 0.15) is 23.7 Å². The Balaban J connectivity index is 1.95. The number of likely N-dealkylation sites (N-methyl/N-ethyl adjacent to an activating group) is 1. The molecule has 0 spiro atoms. The van der Waals surface area contributed by atoms with Crippen LogP contribution >= 0.6 is 0 Å². The van der Waals surface area contributed by atoms with Gasteiger partial charge in [-0.3, -0.25) is 9.59 Å². The molecule has 1 aliphatic heterocycles. The lowest BCUT2D eigenvalue weighted by Gasteiger charge is -2.32. The molecule has 0 saturated carbocycles. The number of esters is 1. The Bertz CT molecular complexity index is 610. The van der Waals surface area contributed by atoms with Gasteiger partial charge in [-0.05, 0) is 26.1 Å². The smallest absolute Gasteiger partial charge is 0.340 e. The number of carbonyl (C=O) groups excluding carboxylic acids is 3. The predicted molar refractivity (Wildman–Crippen MR) is 89.7 cm³/mol. The van der Waals surface area contributed by atoms with Crippen LogP contribution in [0, 0.1) is 0 Å². The molecule has 2 amide bonds. The van der Waals surface area contributed by atoms with Gasteiger partial charge in [-0.15, -0.1) is 0 Å². The lowest BCUT2D eigenvalue weighted by molar-refractivity contribution is -0.135. The van der Waals surface area contributed by atoms with E-state index < -0.39 is 11.9 Å². The summed E-state index contributed by atoms with van der Waals surface area (Å²) in [6.45, 7) is 4.83. The Kier molecular flexibility index (Phi) is 6.31. The van der Waals surface area contributed by atoms with Crippen molar-refractivity contribution in [1.82, 2.24) is 9.80 Å². The summed E-state index contributed by atoms with van der Waals surface area (Å²) in [5, 5.41) is 2.63. The van der Waals surface area contributed by atoms with Crippen molar-refractivity contribution in [2.75, 3.05) is 45.2 Å². The molecule has 7 nitrogen and oxygen atoms in total. The highest BCUT2D eigenvalue weighted by Gasteiger charge is 2.22. The summed E-state index contributed by atoms with van der Waals surface area (Å²) in [4.78, 5) is 40.0. The molecule has 130 valence electrons. The first kappa shape index (κ1) is 17.9. The van der Waals surface area contributed by atoms with E-state index in [0.29, 0.717) is 18.8 Å². The highest BCUT2D eigenvalue weighted by atomic mass is 16.5. The van der Waals surface area contributed by atoms with E-state index in [-0.39, 0.29) is 24.5 Å². The van der Waals surface area contributed by atoms with Crippen molar-refractivity contribution in [3.63, 3.8) is 0 Å². The van der Waals surface area contributed by atoms with Gasteiger partial charge in [0, 0.05) is 26.2 Å². The van der Waals surface area contributed by atoms with E-state index >= 15 is 0 Å². The zero-order valence-electron chi connectivity index (χ0n) is 14.1. The van der Waals surface area contributed by atoms with Gasteiger partial charge in [0.15, 0.2) is 0 Å². The van der Waals surface area contributed by atoms with Crippen molar-refractivity contribution >= 4 is 23.5 Å². The number of benzene rings is 1. The minimum absolute atomic E-state index is 0.200. The van der Waals surface area contributed by atoms with Crippen LogP contribution in [0.15, 0.2) is 24.3 Å². The van der Waals surface area contributed by atoms with Crippen LogP contribution in [0.5, 0.6) is 0 Å². The number of anilines is 1. The fraction of sp³-hybridized carbons (Fsp3) is 0.471. The molecular formula is C17H23N3O4. The third kappa shape index (κ3) is 4.79. The van der Waals surface area contributed by atoms with Crippen LogP contribution in [-0.2, 0) is 14.3 Å². The molecule has 1 saturated heterocycles. The molecule has 0 bridgehead atoms. The van der Waals surface area contributed by atoms with Gasteiger partial charge in [-0.2, -0.15) is 0 Å². The third-order valence-corrected chi connectivity index (χ3v) is 3.86. The number of para-hydroxylation sites is 1. The van der Waals surface area contributed by atoms with Crippen molar-refractivity contribution in [2.24, 2.45) is 0 Å². The minimum atomic E-state index is -0.501. The molecule has 1 N–H and O–H groups in total. The molecule has 0 radical (unpaired) electrons. The summed E-state index contributed by atoms with van der Waals surface area (Å²) in [7, 11) is 2.00. The standard InChI is InChI=1S/C17H23N3O4/c1-3-24-17(23)13-6-4-5-7-14(13)18-15(21)12-16(22)20-10-8-19(2)9-11-20/h4-7H,3,8-12H2,1-2H3,(H,18,21). The van der Waals surface area contributed by atoms with Crippen LogP contribution in [0.4, 0.5) is 5.69 Å². The molecule has 2 rings (SSSR count). The second-order valence-corrected chi connectivity index (χ2v) is 5.68. The second-order valence-electron chi connectivity index (χ2n) is 5.68. The molecule has 1 aromatic rings. The number of hydrogen-bond acceptors (Lipinski definition) is 5. The number of amides is 2. The van der Waals surface area contributed by atoms with Gasteiger partial charge in [-0.1, -0.05) is 12.1 Å². The minimum Gasteiger partial charge on any atom is -0.462 e. The molecule has 0 atom stereocenters. The number of nitrogens with zero attached hydrogens (tertiary/aromatic N) is 2. The monoisotopic (exact) mass is 333 g/mol. The van der Waals surface area contributed by atoms with E-state index in [2.05, 4.69) is 10.2 Å². The lowest BCUT2D eigenvalue weighted by atomic mass is 10.1. The van der Waals surface area contributed by atoms with Gasteiger partial charge >= 0.3 is 5.97 Å². The molecule has 0 aromatic heterocycles. The number of nitrogens with one attached hydrogen (secondary N) is 1. The average molecular weight is 333 g/mol. The highest BCUT2D eigenvalue weighted by Crippen LogP contribution is 2.16. The molecule has 0 aliphatic carbocycles. The Morgan fingerprint density at radius 2 is 1.79 bits per heavy atom. The van der Waals surface area contributed by atoms with Crippen molar-refractivity contribution in [3.05, 3.63) is 29.8 Å². The largest absolute Gasteiger partial charge is 0.462 e. The van der Waals surface area contributed by atoms with Gasteiger partial charge in [-0.25, -0.2) is 4.79 Å². The summed E-state index contributed by atoms with van der Waals surface area (Å²) in [5.74, 6) is -1.14. The molecule has 1 heterocycles. The number of rotatable bonds is 5. The normalized spacial score (nSPS) is 15.0. The molecule has 1 aromatic carbocycles. The summed E-state index contributed by atoms with van der Waals surface area (Å²) >= 11 is 0. The Morgan fingerprint density at radius 3 is 2.46 bits per heavy atom. The van der Waals surface area contributed by atoms with Crippen LogP contribution in [0.25, 0.3) is 0 Å². The van der Waals surface area contributed by atoms with Crippen LogP contribution < -0.4 is 5.32 Å². The van der Waals surface area contributed by atoms with E-state index in [1.54, 1.807) is 36.1 Å². The van der Waals surface area contributed by atoms with E-state index in [1.807, 2.05) is 7.05 Å². The third-order valence-electron chi connectivity index (χ3n) is 3.86. The molecule has 7 heteroatoms. The number of carbonyl (C=O) groups is 3. The Morgan fingerprint density at radius 1 is 1.12 bits per heavy atom. The van der Waals surface area contributed by atoms with Crippen molar-refractivity contribution in [2.45, 2.75) is 13.3 Å². The Hall–Kier alpha value is -2.41. The van der Waals surface area contributed by atoms with Crippen molar-refractivity contribution in [3.8, 4) is 0 Å². The quantitative estimate of drug-likeness (QED) is 0.641. The average Bonchev–Trinajstić information content (AvgIpc) is 2.56. The summed E-state index contributed by atoms with van der Waals surface area (Å²) < 4.78 is 4.97. The van der Waals surface area contributed by atoms with Gasteiger partial charge in [0.1, 0.15) is 6.42 Å². The maximum absolute atomic E-state index is 12.2.